The third-order valence-corrected chi connectivity index (χ3v) is 2.21. The van der Waals surface area contributed by atoms with E-state index in [9.17, 15) is 5.11 Å². The molecular weight excluding hydrogens is 162 g/mol. The number of aromatic nitrogens is 1. The molecule has 0 aliphatic heterocycles. The lowest BCUT2D eigenvalue weighted by Gasteiger charge is -2.10. The largest absolute Gasteiger partial charge is 0.393 e. The van der Waals surface area contributed by atoms with Gasteiger partial charge in [-0.1, -0.05) is 13.3 Å². The zero-order chi connectivity index (χ0) is 9.68. The summed E-state index contributed by atoms with van der Waals surface area (Å²) in [5.74, 6) is 0. The summed E-state index contributed by atoms with van der Waals surface area (Å²) < 4.78 is 0. The molecule has 2 nitrogen and oxygen atoms in total. The van der Waals surface area contributed by atoms with Gasteiger partial charge in [-0.05, 0) is 37.0 Å². The summed E-state index contributed by atoms with van der Waals surface area (Å²) in [5.41, 5.74) is 2.37. The van der Waals surface area contributed by atoms with E-state index in [2.05, 4.69) is 11.9 Å². The first-order chi connectivity index (χ1) is 6.24. The van der Waals surface area contributed by atoms with Gasteiger partial charge in [-0.3, -0.25) is 4.98 Å². The lowest BCUT2D eigenvalue weighted by Crippen LogP contribution is -2.10. The van der Waals surface area contributed by atoms with Gasteiger partial charge in [0.1, 0.15) is 0 Å². The van der Waals surface area contributed by atoms with Gasteiger partial charge in [0, 0.05) is 12.4 Å². The van der Waals surface area contributed by atoms with Gasteiger partial charge >= 0.3 is 0 Å². The van der Waals surface area contributed by atoms with Crippen molar-refractivity contribution in [2.45, 2.75) is 39.2 Å². The maximum absolute atomic E-state index is 9.61. The molecule has 0 aliphatic carbocycles. The molecule has 0 radical (unpaired) electrons. The summed E-state index contributed by atoms with van der Waals surface area (Å²) in [7, 11) is 0. The van der Waals surface area contributed by atoms with Gasteiger partial charge in [-0.2, -0.15) is 0 Å². The van der Waals surface area contributed by atoms with Gasteiger partial charge in [-0.15, -0.1) is 0 Å². The lowest BCUT2D eigenvalue weighted by molar-refractivity contribution is 0.163. The Morgan fingerprint density at radius 2 is 2.31 bits per heavy atom. The molecule has 1 rings (SSSR count). The Kier molecular flexibility index (Phi) is 3.90. The first kappa shape index (κ1) is 10.2. The Hall–Kier alpha value is -0.890. The van der Waals surface area contributed by atoms with Gasteiger partial charge in [0.25, 0.3) is 0 Å². The van der Waals surface area contributed by atoms with E-state index < -0.39 is 0 Å². The number of aliphatic hydroxyl groups excluding tert-OH is 1. The second-order valence-electron chi connectivity index (χ2n) is 3.45. The van der Waals surface area contributed by atoms with E-state index in [4.69, 9.17) is 0 Å². The zero-order valence-electron chi connectivity index (χ0n) is 8.33. The standard InChI is InChI=1S/C11H17NO/c1-3-4-11(13)7-10-5-6-12-8-9(10)2/h5-6,8,11,13H,3-4,7H2,1-2H3. The number of rotatable bonds is 4. The molecule has 1 heterocycles. The zero-order valence-corrected chi connectivity index (χ0v) is 8.33. The molecule has 0 spiro atoms. The van der Waals surface area contributed by atoms with Crippen LogP contribution in [0.25, 0.3) is 0 Å². The van der Waals surface area contributed by atoms with Gasteiger partial charge in [0.2, 0.25) is 0 Å². The van der Waals surface area contributed by atoms with E-state index >= 15 is 0 Å². The van der Waals surface area contributed by atoms with Crippen LogP contribution in [0.4, 0.5) is 0 Å². The topological polar surface area (TPSA) is 33.1 Å². The van der Waals surface area contributed by atoms with Crippen LogP contribution in [0.5, 0.6) is 0 Å². The van der Waals surface area contributed by atoms with Crippen LogP contribution in [0.2, 0.25) is 0 Å². The fraction of sp³-hybridized carbons (Fsp3) is 0.545. The van der Waals surface area contributed by atoms with Crippen LogP contribution >= 0.6 is 0 Å². The van der Waals surface area contributed by atoms with Crippen molar-refractivity contribution in [3.8, 4) is 0 Å². The van der Waals surface area contributed by atoms with E-state index in [0.717, 1.165) is 24.8 Å². The van der Waals surface area contributed by atoms with Crippen LogP contribution in [0, 0.1) is 6.92 Å². The SMILES string of the molecule is CCCC(O)Cc1ccncc1C. The Labute approximate surface area is 79.6 Å². The molecule has 72 valence electrons. The van der Waals surface area contributed by atoms with Crippen molar-refractivity contribution in [2.24, 2.45) is 0 Å². The highest BCUT2D eigenvalue weighted by atomic mass is 16.3. The summed E-state index contributed by atoms with van der Waals surface area (Å²) in [4.78, 5) is 4.02. The highest BCUT2D eigenvalue weighted by Crippen LogP contribution is 2.10. The van der Waals surface area contributed by atoms with Crippen molar-refractivity contribution in [3.05, 3.63) is 29.6 Å². The smallest absolute Gasteiger partial charge is 0.0580 e. The molecule has 1 N–H and O–H groups in total. The van der Waals surface area contributed by atoms with E-state index in [1.54, 1.807) is 6.20 Å². The number of hydrogen-bond donors (Lipinski definition) is 1. The van der Waals surface area contributed by atoms with Gasteiger partial charge < -0.3 is 5.11 Å². The molecule has 0 saturated carbocycles. The van der Waals surface area contributed by atoms with E-state index in [1.165, 1.54) is 5.56 Å². The minimum atomic E-state index is -0.203. The lowest BCUT2D eigenvalue weighted by atomic mass is 10.0. The number of pyridine rings is 1. The predicted molar refractivity (Wildman–Crippen MR) is 53.6 cm³/mol. The van der Waals surface area contributed by atoms with E-state index in [-0.39, 0.29) is 6.10 Å². The van der Waals surface area contributed by atoms with Crippen LogP contribution in [0.3, 0.4) is 0 Å². The molecule has 0 aliphatic rings. The highest BCUT2D eigenvalue weighted by molar-refractivity contribution is 5.22. The van der Waals surface area contributed by atoms with Crippen LogP contribution in [0.15, 0.2) is 18.5 Å². The molecule has 0 amide bonds. The molecule has 1 aromatic heterocycles. The maximum Gasteiger partial charge on any atom is 0.0580 e. The van der Waals surface area contributed by atoms with Gasteiger partial charge in [0.15, 0.2) is 0 Å². The summed E-state index contributed by atoms with van der Waals surface area (Å²) in [6, 6.07) is 1.98. The van der Waals surface area contributed by atoms with Crippen molar-refractivity contribution in [1.29, 1.82) is 0 Å². The number of hydrogen-bond acceptors (Lipinski definition) is 2. The molecular formula is C11H17NO. The second kappa shape index (κ2) is 4.97. The van der Waals surface area contributed by atoms with Crippen LogP contribution in [-0.4, -0.2) is 16.2 Å². The third-order valence-electron chi connectivity index (χ3n) is 2.21. The summed E-state index contributed by atoms with van der Waals surface area (Å²) in [5, 5.41) is 9.61. The first-order valence-electron chi connectivity index (χ1n) is 4.81. The van der Waals surface area contributed by atoms with E-state index in [0.29, 0.717) is 0 Å². The third kappa shape index (κ3) is 3.15. The minimum Gasteiger partial charge on any atom is -0.393 e. The Morgan fingerprint density at radius 1 is 1.54 bits per heavy atom. The molecule has 0 bridgehead atoms. The number of aliphatic hydroxyl groups is 1. The fourth-order valence-electron chi connectivity index (χ4n) is 1.42. The van der Waals surface area contributed by atoms with Gasteiger partial charge in [-0.25, -0.2) is 0 Å². The number of aryl methyl sites for hydroxylation is 1. The minimum absolute atomic E-state index is 0.203. The van der Waals surface area contributed by atoms with E-state index in [1.807, 2.05) is 19.2 Å². The average Bonchev–Trinajstić information content (AvgIpc) is 2.09. The fourth-order valence-corrected chi connectivity index (χ4v) is 1.42. The maximum atomic E-state index is 9.61. The van der Waals surface area contributed by atoms with Crippen LogP contribution < -0.4 is 0 Å². The number of nitrogens with zero attached hydrogens (tertiary/aromatic N) is 1. The van der Waals surface area contributed by atoms with Crippen molar-refractivity contribution in [3.63, 3.8) is 0 Å². The monoisotopic (exact) mass is 179 g/mol. The second-order valence-corrected chi connectivity index (χ2v) is 3.45. The van der Waals surface area contributed by atoms with Crippen molar-refractivity contribution >= 4 is 0 Å². The first-order valence-corrected chi connectivity index (χ1v) is 4.81. The Morgan fingerprint density at radius 3 is 2.92 bits per heavy atom. The molecule has 13 heavy (non-hydrogen) atoms. The Bertz CT molecular complexity index is 260. The summed E-state index contributed by atoms with van der Waals surface area (Å²) >= 11 is 0. The van der Waals surface area contributed by atoms with Crippen molar-refractivity contribution in [1.82, 2.24) is 4.98 Å². The van der Waals surface area contributed by atoms with Gasteiger partial charge in [0.05, 0.1) is 6.10 Å². The summed E-state index contributed by atoms with van der Waals surface area (Å²) in [6.45, 7) is 4.11. The summed E-state index contributed by atoms with van der Waals surface area (Å²) in [6.07, 6.45) is 6.08. The quantitative estimate of drug-likeness (QED) is 0.767. The van der Waals surface area contributed by atoms with Crippen LogP contribution in [0.1, 0.15) is 30.9 Å². The highest BCUT2D eigenvalue weighted by Gasteiger charge is 2.05. The van der Waals surface area contributed by atoms with Crippen molar-refractivity contribution < 1.29 is 5.11 Å². The molecule has 0 fully saturated rings. The van der Waals surface area contributed by atoms with Crippen LogP contribution in [-0.2, 0) is 6.42 Å². The predicted octanol–water partition coefficient (Wildman–Crippen LogP) is 2.09. The molecule has 0 saturated heterocycles. The molecule has 2 heteroatoms. The molecule has 0 aromatic carbocycles. The van der Waals surface area contributed by atoms with Crippen molar-refractivity contribution in [2.75, 3.05) is 0 Å². The molecule has 1 aromatic rings. The normalized spacial score (nSPS) is 12.8. The molecule has 1 atom stereocenters. The average molecular weight is 179 g/mol. The molecule has 1 unspecified atom stereocenters. The Balaban J connectivity index is 2.58.